The Balaban J connectivity index is 1.86. The quantitative estimate of drug-likeness (QED) is 0.677. The number of aliphatic hydroxyl groups is 2. The van der Waals surface area contributed by atoms with E-state index < -0.39 is 6.10 Å². The normalized spacial score (nSPS) is 12.3. The van der Waals surface area contributed by atoms with Crippen LogP contribution in [0.2, 0.25) is 0 Å². The molecular formula is C18H18N2O2. The van der Waals surface area contributed by atoms with Crippen molar-refractivity contribution in [2.24, 2.45) is 0 Å². The fourth-order valence-electron chi connectivity index (χ4n) is 2.34. The van der Waals surface area contributed by atoms with Gasteiger partial charge in [-0.2, -0.15) is 0 Å². The highest BCUT2D eigenvalue weighted by atomic mass is 16.3. The second kappa shape index (κ2) is 6.56. The highest BCUT2D eigenvalue weighted by Gasteiger charge is 2.04. The maximum atomic E-state index is 9.40. The average molecular weight is 294 g/mol. The molecule has 0 saturated carbocycles. The number of fused-ring (bicyclic) bond motifs is 1. The Kier molecular flexibility index (Phi) is 4.32. The van der Waals surface area contributed by atoms with Crippen LogP contribution >= 0.6 is 0 Å². The van der Waals surface area contributed by atoms with Gasteiger partial charge < -0.3 is 15.5 Å². The van der Waals surface area contributed by atoms with Crippen LogP contribution in [0, 0.1) is 0 Å². The van der Waals surface area contributed by atoms with Crippen LogP contribution in [0.5, 0.6) is 0 Å². The fourth-order valence-corrected chi connectivity index (χ4v) is 2.34. The van der Waals surface area contributed by atoms with Crippen LogP contribution in [-0.4, -0.2) is 34.5 Å². The summed E-state index contributed by atoms with van der Waals surface area (Å²) in [5.74, 6) is 0. The summed E-state index contributed by atoms with van der Waals surface area (Å²) in [6.07, 6.45) is 1.11. The summed E-state index contributed by atoms with van der Waals surface area (Å²) in [6.45, 7) is 0.0667. The molecule has 0 amide bonds. The maximum absolute atomic E-state index is 9.40. The van der Waals surface area contributed by atoms with Crippen LogP contribution in [0.15, 0.2) is 60.8 Å². The molecule has 4 heteroatoms. The molecule has 1 aromatic heterocycles. The number of nitrogens with zero attached hydrogens (tertiary/aromatic N) is 1. The smallest absolute Gasteiger partial charge is 0.0942 e. The molecule has 22 heavy (non-hydrogen) atoms. The second-order valence-corrected chi connectivity index (χ2v) is 5.21. The number of nitrogens with one attached hydrogen (secondary N) is 1. The first-order valence-electron chi connectivity index (χ1n) is 7.24. The predicted octanol–water partition coefficient (Wildman–Crippen LogP) is 2.67. The molecule has 3 rings (SSSR count). The molecule has 4 nitrogen and oxygen atoms in total. The van der Waals surface area contributed by atoms with Gasteiger partial charge in [0.25, 0.3) is 0 Å². The molecule has 1 unspecified atom stereocenters. The highest BCUT2D eigenvalue weighted by Crippen LogP contribution is 2.25. The van der Waals surface area contributed by atoms with E-state index in [0.717, 1.165) is 27.7 Å². The van der Waals surface area contributed by atoms with Gasteiger partial charge in [0.05, 0.1) is 18.2 Å². The topological polar surface area (TPSA) is 65.4 Å². The van der Waals surface area contributed by atoms with Crippen molar-refractivity contribution >= 4 is 16.6 Å². The van der Waals surface area contributed by atoms with Crippen molar-refractivity contribution < 1.29 is 10.2 Å². The van der Waals surface area contributed by atoms with E-state index in [4.69, 9.17) is 5.11 Å². The summed E-state index contributed by atoms with van der Waals surface area (Å²) in [6, 6.07) is 18.1. The molecular weight excluding hydrogens is 276 g/mol. The Morgan fingerprint density at radius 1 is 1.00 bits per heavy atom. The average Bonchev–Trinajstić information content (AvgIpc) is 2.59. The van der Waals surface area contributed by atoms with E-state index in [-0.39, 0.29) is 6.61 Å². The van der Waals surface area contributed by atoms with Crippen molar-refractivity contribution in [3.63, 3.8) is 0 Å². The lowest BCUT2D eigenvalue weighted by Crippen LogP contribution is -2.22. The van der Waals surface area contributed by atoms with Crippen molar-refractivity contribution in [3.8, 4) is 11.1 Å². The molecule has 0 fully saturated rings. The van der Waals surface area contributed by atoms with Gasteiger partial charge in [-0.25, -0.2) is 0 Å². The Morgan fingerprint density at radius 2 is 1.86 bits per heavy atom. The third kappa shape index (κ3) is 3.24. The zero-order chi connectivity index (χ0) is 15.4. The fraction of sp³-hybridized carbons (Fsp3) is 0.167. The number of para-hydroxylation sites is 1. The summed E-state index contributed by atoms with van der Waals surface area (Å²) < 4.78 is 0. The highest BCUT2D eigenvalue weighted by molar-refractivity contribution is 5.83. The first-order valence-corrected chi connectivity index (χ1v) is 7.24. The van der Waals surface area contributed by atoms with Gasteiger partial charge in [0.15, 0.2) is 0 Å². The van der Waals surface area contributed by atoms with E-state index in [9.17, 15) is 5.11 Å². The predicted molar refractivity (Wildman–Crippen MR) is 88.8 cm³/mol. The Morgan fingerprint density at radius 3 is 2.73 bits per heavy atom. The minimum absolute atomic E-state index is 0.249. The third-order valence-corrected chi connectivity index (χ3v) is 3.54. The Bertz CT molecular complexity index is 774. The van der Waals surface area contributed by atoms with Crippen LogP contribution in [0.3, 0.4) is 0 Å². The molecule has 1 atom stereocenters. The van der Waals surface area contributed by atoms with E-state index >= 15 is 0 Å². The molecule has 0 saturated heterocycles. The van der Waals surface area contributed by atoms with Crippen LogP contribution in [-0.2, 0) is 0 Å². The zero-order valence-electron chi connectivity index (χ0n) is 12.1. The third-order valence-electron chi connectivity index (χ3n) is 3.54. The van der Waals surface area contributed by atoms with Crippen LogP contribution in [0.4, 0.5) is 5.69 Å². The standard InChI is InChI=1S/C18H18N2O2/c21-12-17(22)11-19-16-6-3-5-13(9-16)15-8-14-4-1-2-7-18(14)20-10-15/h1-10,17,19,21-22H,11-12H2. The SMILES string of the molecule is OCC(O)CNc1cccc(-c2cnc3ccccc3c2)c1. The number of anilines is 1. The molecule has 0 aliphatic carbocycles. The van der Waals surface area contributed by atoms with Crippen molar-refractivity contribution in [1.82, 2.24) is 4.98 Å². The largest absolute Gasteiger partial charge is 0.394 e. The van der Waals surface area contributed by atoms with Crippen molar-refractivity contribution in [1.29, 1.82) is 0 Å². The summed E-state index contributed by atoms with van der Waals surface area (Å²) in [4.78, 5) is 4.48. The van der Waals surface area contributed by atoms with Crippen LogP contribution in [0.1, 0.15) is 0 Å². The number of benzene rings is 2. The number of rotatable bonds is 5. The molecule has 2 aromatic carbocycles. The van der Waals surface area contributed by atoms with Crippen LogP contribution < -0.4 is 5.32 Å². The van der Waals surface area contributed by atoms with Gasteiger partial charge in [-0.3, -0.25) is 4.98 Å². The van der Waals surface area contributed by atoms with Gasteiger partial charge in [0, 0.05) is 29.4 Å². The monoisotopic (exact) mass is 294 g/mol. The number of aliphatic hydroxyl groups excluding tert-OH is 2. The Hall–Kier alpha value is -2.43. The first kappa shape index (κ1) is 14.5. The molecule has 3 N–H and O–H groups in total. The number of hydrogen-bond donors (Lipinski definition) is 3. The van der Waals surface area contributed by atoms with Crippen molar-refractivity contribution in [2.75, 3.05) is 18.5 Å². The van der Waals surface area contributed by atoms with Gasteiger partial charge in [-0.15, -0.1) is 0 Å². The summed E-state index contributed by atoms with van der Waals surface area (Å²) in [7, 11) is 0. The van der Waals surface area contributed by atoms with E-state index in [0.29, 0.717) is 6.54 Å². The molecule has 0 bridgehead atoms. The minimum atomic E-state index is -0.758. The van der Waals surface area contributed by atoms with Gasteiger partial charge in [0.2, 0.25) is 0 Å². The molecule has 1 heterocycles. The molecule has 0 aliphatic heterocycles. The number of hydrogen-bond acceptors (Lipinski definition) is 4. The summed E-state index contributed by atoms with van der Waals surface area (Å²) in [5.41, 5.74) is 3.98. The number of pyridine rings is 1. The van der Waals surface area contributed by atoms with Gasteiger partial charge >= 0.3 is 0 Å². The van der Waals surface area contributed by atoms with E-state index in [1.807, 2.05) is 54.7 Å². The lowest BCUT2D eigenvalue weighted by atomic mass is 10.0. The lowest BCUT2D eigenvalue weighted by molar-refractivity contribution is 0.105. The first-order chi connectivity index (χ1) is 10.8. The Labute approximate surface area is 129 Å². The van der Waals surface area contributed by atoms with Gasteiger partial charge in [-0.05, 0) is 29.8 Å². The second-order valence-electron chi connectivity index (χ2n) is 5.21. The molecule has 112 valence electrons. The van der Waals surface area contributed by atoms with E-state index in [1.165, 1.54) is 0 Å². The van der Waals surface area contributed by atoms with Crippen molar-refractivity contribution in [2.45, 2.75) is 6.10 Å². The van der Waals surface area contributed by atoms with E-state index in [1.54, 1.807) is 0 Å². The minimum Gasteiger partial charge on any atom is -0.394 e. The van der Waals surface area contributed by atoms with Crippen LogP contribution in [0.25, 0.3) is 22.0 Å². The van der Waals surface area contributed by atoms with Gasteiger partial charge in [-0.1, -0.05) is 30.3 Å². The van der Waals surface area contributed by atoms with E-state index in [2.05, 4.69) is 16.4 Å². The number of aromatic nitrogens is 1. The van der Waals surface area contributed by atoms with Gasteiger partial charge in [0.1, 0.15) is 0 Å². The zero-order valence-corrected chi connectivity index (χ0v) is 12.1. The molecule has 3 aromatic rings. The molecule has 0 aliphatic rings. The summed E-state index contributed by atoms with van der Waals surface area (Å²) in [5, 5.41) is 22.5. The summed E-state index contributed by atoms with van der Waals surface area (Å²) >= 11 is 0. The van der Waals surface area contributed by atoms with Crippen molar-refractivity contribution in [3.05, 3.63) is 60.8 Å². The molecule has 0 spiro atoms. The maximum Gasteiger partial charge on any atom is 0.0942 e. The molecule has 0 radical (unpaired) electrons. The lowest BCUT2D eigenvalue weighted by Gasteiger charge is -2.11.